The fraction of sp³-hybridized carbons (Fsp3) is 0.312. The van der Waals surface area contributed by atoms with Crippen LogP contribution in [0.4, 0.5) is 5.69 Å². The summed E-state index contributed by atoms with van der Waals surface area (Å²) in [4.78, 5) is 25.3. The van der Waals surface area contributed by atoms with Crippen LogP contribution in [0.5, 0.6) is 0 Å². The van der Waals surface area contributed by atoms with Crippen LogP contribution in [0.1, 0.15) is 13.3 Å². The minimum Gasteiger partial charge on any atom is -0.391 e. The maximum Gasteiger partial charge on any atom is 0.247 e. The van der Waals surface area contributed by atoms with E-state index in [1.165, 1.54) is 11.8 Å². The average molecular weight is 314 g/mol. The first-order valence-electron chi connectivity index (χ1n) is 7.41. The Morgan fingerprint density at radius 2 is 2.04 bits per heavy atom. The minimum atomic E-state index is -0.665. The summed E-state index contributed by atoms with van der Waals surface area (Å²) in [7, 11) is 0. The standard InChI is InChI=1S/C16H18N4O3/c1-11(21)19-10-14(22)7-15(19)16(23)18-12-8-17-20(9-12)13-5-3-2-4-6-13/h2-6,8-9,14-15,22H,7,10H2,1H3,(H,18,23)/t14-,15-/m1/s1. The van der Waals surface area contributed by atoms with E-state index in [1.807, 2.05) is 30.3 Å². The van der Waals surface area contributed by atoms with E-state index < -0.39 is 12.1 Å². The van der Waals surface area contributed by atoms with E-state index in [4.69, 9.17) is 0 Å². The summed E-state index contributed by atoms with van der Waals surface area (Å²) >= 11 is 0. The number of anilines is 1. The SMILES string of the molecule is CC(=O)N1C[C@H](O)C[C@@H]1C(=O)Nc1cnn(-c2ccccc2)c1. The van der Waals surface area contributed by atoms with Crippen molar-refractivity contribution in [2.24, 2.45) is 0 Å². The van der Waals surface area contributed by atoms with Gasteiger partial charge in [-0.3, -0.25) is 9.59 Å². The highest BCUT2D eigenvalue weighted by Gasteiger charge is 2.37. The zero-order valence-electron chi connectivity index (χ0n) is 12.7. The van der Waals surface area contributed by atoms with Crippen LogP contribution >= 0.6 is 0 Å². The lowest BCUT2D eigenvalue weighted by Gasteiger charge is -2.21. The number of aromatic nitrogens is 2. The van der Waals surface area contributed by atoms with Gasteiger partial charge in [0.25, 0.3) is 0 Å². The Morgan fingerprint density at radius 3 is 2.74 bits per heavy atom. The number of β-amino-alcohol motifs (C(OH)–C–C–N with tert-alkyl or cyclic N) is 1. The molecular weight excluding hydrogens is 296 g/mol. The van der Waals surface area contributed by atoms with Gasteiger partial charge in [-0.1, -0.05) is 18.2 Å². The van der Waals surface area contributed by atoms with Crippen molar-refractivity contribution in [2.45, 2.75) is 25.5 Å². The molecule has 0 spiro atoms. The Labute approximate surface area is 133 Å². The highest BCUT2D eigenvalue weighted by molar-refractivity contribution is 5.97. The highest BCUT2D eigenvalue weighted by atomic mass is 16.3. The van der Waals surface area contributed by atoms with Crippen molar-refractivity contribution >= 4 is 17.5 Å². The summed E-state index contributed by atoms with van der Waals surface area (Å²) in [5, 5.41) is 16.7. The van der Waals surface area contributed by atoms with Crippen molar-refractivity contribution in [3.8, 4) is 5.69 Å². The molecular formula is C16H18N4O3. The Kier molecular flexibility index (Phi) is 4.12. The van der Waals surface area contributed by atoms with Crippen molar-refractivity contribution in [1.29, 1.82) is 0 Å². The molecule has 120 valence electrons. The van der Waals surface area contributed by atoms with Crippen LogP contribution in [-0.2, 0) is 9.59 Å². The minimum absolute atomic E-state index is 0.191. The first-order chi connectivity index (χ1) is 11.0. The van der Waals surface area contributed by atoms with E-state index in [0.29, 0.717) is 5.69 Å². The second kappa shape index (κ2) is 6.21. The molecule has 0 unspecified atom stereocenters. The third-order valence-corrected chi connectivity index (χ3v) is 3.86. The van der Waals surface area contributed by atoms with Crippen LogP contribution in [0, 0.1) is 0 Å². The molecule has 2 aromatic rings. The van der Waals surface area contributed by atoms with Gasteiger partial charge in [0.1, 0.15) is 6.04 Å². The van der Waals surface area contributed by atoms with Crippen molar-refractivity contribution in [2.75, 3.05) is 11.9 Å². The number of benzene rings is 1. The normalized spacial score (nSPS) is 20.5. The van der Waals surface area contributed by atoms with Gasteiger partial charge in [-0.15, -0.1) is 0 Å². The number of nitrogens with one attached hydrogen (secondary N) is 1. The van der Waals surface area contributed by atoms with E-state index >= 15 is 0 Å². The number of likely N-dealkylation sites (tertiary alicyclic amines) is 1. The molecule has 1 fully saturated rings. The quantitative estimate of drug-likeness (QED) is 0.877. The Hall–Kier alpha value is -2.67. The maximum absolute atomic E-state index is 12.4. The van der Waals surface area contributed by atoms with Crippen molar-refractivity contribution in [3.63, 3.8) is 0 Å². The van der Waals surface area contributed by atoms with Crippen molar-refractivity contribution < 1.29 is 14.7 Å². The predicted octanol–water partition coefficient (Wildman–Crippen LogP) is 0.792. The van der Waals surface area contributed by atoms with Gasteiger partial charge in [-0.2, -0.15) is 5.10 Å². The predicted molar refractivity (Wildman–Crippen MR) is 84.0 cm³/mol. The zero-order chi connectivity index (χ0) is 16.4. The monoisotopic (exact) mass is 314 g/mol. The van der Waals surface area contributed by atoms with Crippen LogP contribution < -0.4 is 5.32 Å². The molecule has 23 heavy (non-hydrogen) atoms. The summed E-state index contributed by atoms with van der Waals surface area (Å²) < 4.78 is 1.65. The largest absolute Gasteiger partial charge is 0.391 e. The molecule has 1 aliphatic heterocycles. The fourth-order valence-corrected chi connectivity index (χ4v) is 2.75. The fourth-order valence-electron chi connectivity index (χ4n) is 2.75. The molecule has 0 radical (unpaired) electrons. The second-order valence-electron chi connectivity index (χ2n) is 5.58. The van der Waals surface area contributed by atoms with Crippen molar-refractivity contribution in [3.05, 3.63) is 42.7 Å². The molecule has 2 N–H and O–H groups in total. The average Bonchev–Trinajstić information content (AvgIpc) is 3.15. The first-order valence-corrected chi connectivity index (χ1v) is 7.41. The smallest absolute Gasteiger partial charge is 0.247 e. The van der Waals surface area contributed by atoms with Crippen molar-refractivity contribution in [1.82, 2.24) is 14.7 Å². The number of carbonyl (C=O) groups is 2. The lowest BCUT2D eigenvalue weighted by atomic mass is 10.2. The van der Waals surface area contributed by atoms with Gasteiger partial charge in [-0.25, -0.2) is 4.68 Å². The second-order valence-corrected chi connectivity index (χ2v) is 5.58. The maximum atomic E-state index is 12.4. The first kappa shape index (κ1) is 15.2. The number of hydrogen-bond acceptors (Lipinski definition) is 4. The number of para-hydroxylation sites is 1. The van der Waals surface area contributed by atoms with Gasteiger partial charge in [0.15, 0.2) is 0 Å². The lowest BCUT2D eigenvalue weighted by molar-refractivity contribution is -0.134. The molecule has 1 saturated heterocycles. The molecule has 1 aromatic carbocycles. The van der Waals surface area contributed by atoms with Crippen LogP contribution in [-0.4, -0.2) is 50.3 Å². The summed E-state index contributed by atoms with van der Waals surface area (Å²) in [6.07, 6.45) is 2.84. The molecule has 0 aliphatic carbocycles. The Morgan fingerprint density at radius 1 is 1.30 bits per heavy atom. The van der Waals surface area contributed by atoms with E-state index in [9.17, 15) is 14.7 Å². The third-order valence-electron chi connectivity index (χ3n) is 3.86. The summed E-state index contributed by atoms with van der Waals surface area (Å²) in [6.45, 7) is 1.59. The summed E-state index contributed by atoms with van der Waals surface area (Å²) in [5.74, 6) is -0.536. The van der Waals surface area contributed by atoms with E-state index in [0.717, 1.165) is 5.69 Å². The number of rotatable bonds is 3. The molecule has 1 aromatic heterocycles. The molecule has 0 saturated carbocycles. The molecule has 3 rings (SSSR count). The molecule has 2 atom stereocenters. The topological polar surface area (TPSA) is 87.5 Å². The number of hydrogen-bond donors (Lipinski definition) is 2. The third kappa shape index (κ3) is 3.24. The van der Waals surface area contributed by atoms with Gasteiger partial charge in [0.2, 0.25) is 11.8 Å². The summed E-state index contributed by atoms with van der Waals surface area (Å²) in [5.41, 5.74) is 1.43. The molecule has 2 heterocycles. The van der Waals surface area contributed by atoms with Crippen LogP contribution in [0.2, 0.25) is 0 Å². The molecule has 7 nitrogen and oxygen atoms in total. The summed E-state index contributed by atoms with van der Waals surface area (Å²) in [6, 6.07) is 8.88. The molecule has 0 bridgehead atoms. The number of nitrogens with zero attached hydrogens (tertiary/aromatic N) is 3. The number of aliphatic hydroxyl groups excluding tert-OH is 1. The van der Waals surface area contributed by atoms with Gasteiger partial charge in [0, 0.05) is 19.9 Å². The van der Waals surface area contributed by atoms with E-state index in [-0.39, 0.29) is 24.8 Å². The van der Waals surface area contributed by atoms with Crippen LogP contribution in [0.3, 0.4) is 0 Å². The number of carbonyl (C=O) groups excluding carboxylic acids is 2. The van der Waals surface area contributed by atoms with E-state index in [1.54, 1.807) is 17.1 Å². The number of amides is 2. The molecule has 7 heteroatoms. The van der Waals surface area contributed by atoms with Crippen LogP contribution in [0.15, 0.2) is 42.7 Å². The lowest BCUT2D eigenvalue weighted by Crippen LogP contribution is -2.42. The van der Waals surface area contributed by atoms with E-state index in [2.05, 4.69) is 10.4 Å². The van der Waals surface area contributed by atoms with Gasteiger partial charge in [-0.05, 0) is 12.1 Å². The molecule has 1 aliphatic rings. The highest BCUT2D eigenvalue weighted by Crippen LogP contribution is 2.20. The van der Waals surface area contributed by atoms with Gasteiger partial charge in [0.05, 0.1) is 29.9 Å². The number of aliphatic hydroxyl groups is 1. The van der Waals surface area contributed by atoms with Gasteiger partial charge >= 0.3 is 0 Å². The van der Waals surface area contributed by atoms with Gasteiger partial charge < -0.3 is 15.3 Å². The zero-order valence-corrected chi connectivity index (χ0v) is 12.7. The molecule has 2 amide bonds. The Balaban J connectivity index is 1.71. The Bertz CT molecular complexity index is 713. The van der Waals surface area contributed by atoms with Crippen LogP contribution in [0.25, 0.3) is 5.69 Å².